The van der Waals surface area contributed by atoms with Crippen LogP contribution in [0.15, 0.2) is 0 Å². The number of piperidine rings is 1. The summed E-state index contributed by atoms with van der Waals surface area (Å²) in [5.74, 6) is 1.92. The molecule has 1 heteroatoms. The molecule has 1 aliphatic heterocycles. The summed E-state index contributed by atoms with van der Waals surface area (Å²) in [4.78, 5) is 2.57. The third-order valence-electron chi connectivity index (χ3n) is 3.14. The Hall–Kier alpha value is -0.0400. The molecule has 2 unspecified atom stereocenters. The van der Waals surface area contributed by atoms with Crippen molar-refractivity contribution in [2.45, 2.75) is 47.5 Å². The fourth-order valence-electron chi connectivity index (χ4n) is 2.17. The molecule has 0 N–H and O–H groups in total. The van der Waals surface area contributed by atoms with E-state index in [1.807, 2.05) is 13.8 Å². The molecule has 0 aromatic rings. The Labute approximate surface area is 84.5 Å². The van der Waals surface area contributed by atoms with E-state index in [1.54, 1.807) is 0 Å². The van der Waals surface area contributed by atoms with Gasteiger partial charge in [0.2, 0.25) is 0 Å². The average molecular weight is 185 g/mol. The quantitative estimate of drug-likeness (QED) is 0.637. The highest BCUT2D eigenvalue weighted by molar-refractivity contribution is 4.75. The number of likely N-dealkylation sites (tertiary alicyclic amines) is 1. The van der Waals surface area contributed by atoms with Gasteiger partial charge in [-0.3, -0.25) is 0 Å². The van der Waals surface area contributed by atoms with Crippen molar-refractivity contribution in [3.8, 4) is 0 Å². The van der Waals surface area contributed by atoms with Gasteiger partial charge < -0.3 is 4.90 Å². The van der Waals surface area contributed by atoms with Crippen LogP contribution in [0.25, 0.3) is 0 Å². The van der Waals surface area contributed by atoms with Crippen molar-refractivity contribution in [1.29, 1.82) is 0 Å². The van der Waals surface area contributed by atoms with Gasteiger partial charge >= 0.3 is 0 Å². The predicted octanol–water partition coefficient (Wildman–Crippen LogP) is 3.40. The SMILES string of the molecule is CC.CCC1CCN(CC)CC1C. The van der Waals surface area contributed by atoms with Crippen LogP contribution >= 0.6 is 0 Å². The van der Waals surface area contributed by atoms with E-state index in [9.17, 15) is 0 Å². The second kappa shape index (κ2) is 7.37. The summed E-state index contributed by atoms with van der Waals surface area (Å²) in [5, 5.41) is 0. The number of rotatable bonds is 2. The minimum Gasteiger partial charge on any atom is -0.303 e. The fraction of sp³-hybridized carbons (Fsp3) is 1.00. The first-order chi connectivity index (χ1) is 6.27. The Morgan fingerprint density at radius 2 is 1.85 bits per heavy atom. The lowest BCUT2D eigenvalue weighted by atomic mass is 9.85. The Kier molecular flexibility index (Phi) is 7.35. The van der Waals surface area contributed by atoms with Gasteiger partial charge in [-0.25, -0.2) is 0 Å². The van der Waals surface area contributed by atoms with E-state index in [0.29, 0.717) is 0 Å². The van der Waals surface area contributed by atoms with Gasteiger partial charge in [-0.05, 0) is 31.3 Å². The molecule has 13 heavy (non-hydrogen) atoms. The second-order valence-corrected chi connectivity index (χ2v) is 3.83. The molecule has 1 rings (SSSR count). The fourth-order valence-corrected chi connectivity index (χ4v) is 2.17. The first-order valence-electron chi connectivity index (χ1n) is 6.00. The summed E-state index contributed by atoms with van der Waals surface area (Å²) in [6.45, 7) is 14.9. The van der Waals surface area contributed by atoms with Gasteiger partial charge in [0.1, 0.15) is 0 Å². The molecule has 0 bridgehead atoms. The molecule has 1 fully saturated rings. The zero-order valence-electron chi connectivity index (χ0n) is 10.1. The molecule has 0 aromatic carbocycles. The van der Waals surface area contributed by atoms with Crippen molar-refractivity contribution in [2.24, 2.45) is 11.8 Å². The predicted molar refractivity (Wildman–Crippen MR) is 61.0 cm³/mol. The molecule has 0 radical (unpaired) electrons. The first-order valence-corrected chi connectivity index (χ1v) is 6.00. The molecule has 1 aliphatic rings. The van der Waals surface area contributed by atoms with Crippen LogP contribution < -0.4 is 0 Å². The van der Waals surface area contributed by atoms with Crippen LogP contribution in [-0.4, -0.2) is 24.5 Å². The van der Waals surface area contributed by atoms with Crippen molar-refractivity contribution in [3.63, 3.8) is 0 Å². The van der Waals surface area contributed by atoms with E-state index < -0.39 is 0 Å². The summed E-state index contributed by atoms with van der Waals surface area (Å²) < 4.78 is 0. The maximum Gasteiger partial charge on any atom is 0.000956 e. The van der Waals surface area contributed by atoms with Crippen LogP contribution in [0.3, 0.4) is 0 Å². The molecular formula is C12H27N. The van der Waals surface area contributed by atoms with Crippen LogP contribution in [0.2, 0.25) is 0 Å². The smallest absolute Gasteiger partial charge is 0.000956 e. The third kappa shape index (κ3) is 4.12. The standard InChI is InChI=1S/C10H21N.C2H6/c1-4-10-6-7-11(5-2)8-9(10)3;1-2/h9-10H,4-8H2,1-3H3;1-2H3. The van der Waals surface area contributed by atoms with Crippen molar-refractivity contribution in [3.05, 3.63) is 0 Å². The maximum atomic E-state index is 2.57. The van der Waals surface area contributed by atoms with Gasteiger partial charge in [0.25, 0.3) is 0 Å². The van der Waals surface area contributed by atoms with Crippen molar-refractivity contribution in [2.75, 3.05) is 19.6 Å². The van der Waals surface area contributed by atoms with Gasteiger partial charge in [-0.1, -0.05) is 41.0 Å². The Balaban J connectivity index is 0.000000671. The number of hydrogen-bond acceptors (Lipinski definition) is 1. The van der Waals surface area contributed by atoms with E-state index in [2.05, 4.69) is 25.7 Å². The summed E-state index contributed by atoms with van der Waals surface area (Å²) in [5.41, 5.74) is 0. The van der Waals surface area contributed by atoms with E-state index >= 15 is 0 Å². The normalized spacial score (nSPS) is 29.3. The molecule has 1 heterocycles. The molecule has 0 aromatic heterocycles. The second-order valence-electron chi connectivity index (χ2n) is 3.83. The number of hydrogen-bond donors (Lipinski definition) is 0. The van der Waals surface area contributed by atoms with Gasteiger partial charge in [-0.15, -0.1) is 0 Å². The Morgan fingerprint density at radius 1 is 1.23 bits per heavy atom. The summed E-state index contributed by atoms with van der Waals surface area (Å²) >= 11 is 0. The lowest BCUT2D eigenvalue weighted by Crippen LogP contribution is -2.38. The van der Waals surface area contributed by atoms with Gasteiger partial charge in [0, 0.05) is 6.54 Å². The molecule has 0 amide bonds. The molecule has 1 saturated heterocycles. The lowest BCUT2D eigenvalue weighted by molar-refractivity contribution is 0.132. The van der Waals surface area contributed by atoms with E-state index in [4.69, 9.17) is 0 Å². The monoisotopic (exact) mass is 185 g/mol. The van der Waals surface area contributed by atoms with Crippen LogP contribution in [-0.2, 0) is 0 Å². The lowest BCUT2D eigenvalue weighted by Gasteiger charge is -2.35. The van der Waals surface area contributed by atoms with Crippen molar-refractivity contribution in [1.82, 2.24) is 4.90 Å². The average Bonchev–Trinajstić information content (AvgIpc) is 2.20. The largest absolute Gasteiger partial charge is 0.303 e. The first kappa shape index (κ1) is 13.0. The minimum atomic E-state index is 0.925. The highest BCUT2D eigenvalue weighted by atomic mass is 15.1. The molecular weight excluding hydrogens is 158 g/mol. The summed E-state index contributed by atoms with van der Waals surface area (Å²) in [6, 6.07) is 0. The van der Waals surface area contributed by atoms with Crippen molar-refractivity contribution < 1.29 is 0 Å². The van der Waals surface area contributed by atoms with Crippen LogP contribution in [0.4, 0.5) is 0 Å². The van der Waals surface area contributed by atoms with E-state index in [-0.39, 0.29) is 0 Å². The Bertz CT molecular complexity index is 112. The molecule has 0 saturated carbocycles. The van der Waals surface area contributed by atoms with Crippen LogP contribution in [0, 0.1) is 11.8 Å². The van der Waals surface area contributed by atoms with Gasteiger partial charge in [-0.2, -0.15) is 0 Å². The molecule has 2 atom stereocenters. The highest BCUT2D eigenvalue weighted by Gasteiger charge is 2.23. The zero-order valence-corrected chi connectivity index (χ0v) is 10.1. The molecule has 0 spiro atoms. The number of nitrogens with zero attached hydrogens (tertiary/aromatic N) is 1. The summed E-state index contributed by atoms with van der Waals surface area (Å²) in [6.07, 6.45) is 2.80. The van der Waals surface area contributed by atoms with Gasteiger partial charge in [0.15, 0.2) is 0 Å². The highest BCUT2D eigenvalue weighted by Crippen LogP contribution is 2.25. The molecule has 80 valence electrons. The van der Waals surface area contributed by atoms with Crippen molar-refractivity contribution >= 4 is 0 Å². The molecule has 0 aliphatic carbocycles. The van der Waals surface area contributed by atoms with E-state index in [1.165, 1.54) is 32.5 Å². The molecule has 1 nitrogen and oxygen atoms in total. The van der Waals surface area contributed by atoms with Crippen LogP contribution in [0.5, 0.6) is 0 Å². The van der Waals surface area contributed by atoms with Crippen LogP contribution in [0.1, 0.15) is 47.5 Å². The zero-order chi connectivity index (χ0) is 10.3. The minimum absolute atomic E-state index is 0.925. The maximum absolute atomic E-state index is 2.57. The summed E-state index contributed by atoms with van der Waals surface area (Å²) in [7, 11) is 0. The third-order valence-corrected chi connectivity index (χ3v) is 3.14. The van der Waals surface area contributed by atoms with E-state index in [0.717, 1.165) is 11.8 Å². The Morgan fingerprint density at radius 3 is 2.23 bits per heavy atom. The topological polar surface area (TPSA) is 3.24 Å². The van der Waals surface area contributed by atoms with Gasteiger partial charge in [0.05, 0.1) is 0 Å².